The highest BCUT2D eigenvalue weighted by atomic mass is 19.2. The summed E-state index contributed by atoms with van der Waals surface area (Å²) in [7, 11) is 1.29. The first kappa shape index (κ1) is 23.7. The topological polar surface area (TPSA) is 40.6 Å². The fraction of sp³-hybridized carbons (Fsp3) is 0.346. The minimum atomic E-state index is -0.940. The lowest BCUT2D eigenvalue weighted by atomic mass is 10.1. The third-order valence-corrected chi connectivity index (χ3v) is 5.42. The summed E-state index contributed by atoms with van der Waals surface area (Å²) in [4.78, 5) is 4.70. The van der Waals surface area contributed by atoms with Crippen LogP contribution in [0.3, 0.4) is 0 Å². The summed E-state index contributed by atoms with van der Waals surface area (Å²) in [6.45, 7) is 6.79. The van der Waals surface area contributed by atoms with E-state index in [-0.39, 0.29) is 11.9 Å². The van der Waals surface area contributed by atoms with Gasteiger partial charge in [-0.25, -0.2) is 4.39 Å². The highest BCUT2D eigenvalue weighted by Crippen LogP contribution is 2.34. The maximum Gasteiger partial charge on any atom is 0.200 e. The molecule has 0 amide bonds. The zero-order valence-electron chi connectivity index (χ0n) is 18.9. The van der Waals surface area contributed by atoms with E-state index in [1.54, 1.807) is 0 Å². The van der Waals surface area contributed by atoms with Crippen molar-refractivity contribution in [2.24, 2.45) is 0 Å². The van der Waals surface area contributed by atoms with Crippen molar-refractivity contribution in [2.75, 3.05) is 7.11 Å². The van der Waals surface area contributed by atoms with Gasteiger partial charge in [-0.05, 0) is 51.3 Å². The SMILES string of the molecule is COc1cccc(F)c1F.Cc1nc(C2CCC(C)O2)cc(OCc2ccccc2)c1C. The number of aryl methyl sites for hydroxylation is 1. The fourth-order valence-corrected chi connectivity index (χ4v) is 3.44. The maximum absolute atomic E-state index is 12.5. The van der Waals surface area contributed by atoms with Gasteiger partial charge in [0.2, 0.25) is 5.82 Å². The van der Waals surface area contributed by atoms with Gasteiger partial charge >= 0.3 is 0 Å². The van der Waals surface area contributed by atoms with E-state index in [0.717, 1.165) is 41.6 Å². The van der Waals surface area contributed by atoms with Crippen LogP contribution in [0.1, 0.15) is 48.4 Å². The molecule has 0 aliphatic carbocycles. The summed E-state index contributed by atoms with van der Waals surface area (Å²) in [6, 6.07) is 16.1. The van der Waals surface area contributed by atoms with Gasteiger partial charge in [-0.2, -0.15) is 4.39 Å². The molecule has 170 valence electrons. The summed E-state index contributed by atoms with van der Waals surface area (Å²) in [5, 5.41) is 0. The number of benzene rings is 2. The van der Waals surface area contributed by atoms with Crippen molar-refractivity contribution in [1.29, 1.82) is 0 Å². The van der Waals surface area contributed by atoms with Gasteiger partial charge in [-0.1, -0.05) is 36.4 Å². The van der Waals surface area contributed by atoms with Crippen LogP contribution in [0, 0.1) is 25.5 Å². The van der Waals surface area contributed by atoms with Crippen molar-refractivity contribution in [2.45, 2.75) is 52.4 Å². The first-order chi connectivity index (χ1) is 15.4. The van der Waals surface area contributed by atoms with Crippen LogP contribution in [-0.2, 0) is 11.3 Å². The standard InChI is InChI=1S/C19H23NO2.C7H6F2O/c1-13-9-10-18(22-13)17-11-19(14(2)15(3)20-17)21-12-16-7-5-4-6-8-16;1-10-6-4-2-3-5(8)7(6)9/h4-8,11,13,18H,9-10,12H2,1-3H3;2-4H,1H3. The predicted molar refractivity (Wildman–Crippen MR) is 120 cm³/mol. The van der Waals surface area contributed by atoms with Gasteiger partial charge in [0.15, 0.2) is 11.6 Å². The molecule has 6 heteroatoms. The molecule has 3 aromatic rings. The van der Waals surface area contributed by atoms with Gasteiger partial charge in [-0.3, -0.25) is 4.98 Å². The maximum atomic E-state index is 12.5. The molecule has 1 aromatic heterocycles. The monoisotopic (exact) mass is 441 g/mol. The average Bonchev–Trinajstić information content (AvgIpc) is 3.24. The van der Waals surface area contributed by atoms with Crippen molar-refractivity contribution in [3.05, 3.63) is 88.7 Å². The Hall–Kier alpha value is -2.99. The molecule has 2 aromatic carbocycles. The second kappa shape index (κ2) is 11.0. The van der Waals surface area contributed by atoms with Crippen molar-refractivity contribution >= 4 is 0 Å². The van der Waals surface area contributed by atoms with Crippen molar-refractivity contribution in [3.8, 4) is 11.5 Å². The third-order valence-electron chi connectivity index (χ3n) is 5.42. The summed E-state index contributed by atoms with van der Waals surface area (Å²) in [5.41, 5.74) is 4.29. The van der Waals surface area contributed by atoms with E-state index in [1.807, 2.05) is 31.2 Å². The molecule has 0 bridgehead atoms. The van der Waals surface area contributed by atoms with E-state index < -0.39 is 11.6 Å². The van der Waals surface area contributed by atoms with Crippen LogP contribution >= 0.6 is 0 Å². The van der Waals surface area contributed by atoms with Crippen molar-refractivity contribution in [1.82, 2.24) is 4.98 Å². The molecule has 2 heterocycles. The van der Waals surface area contributed by atoms with Crippen LogP contribution in [0.15, 0.2) is 54.6 Å². The van der Waals surface area contributed by atoms with Crippen molar-refractivity contribution < 1.29 is 23.0 Å². The molecular weight excluding hydrogens is 412 g/mol. The Labute approximate surface area is 188 Å². The zero-order valence-corrected chi connectivity index (χ0v) is 18.9. The third kappa shape index (κ3) is 6.04. The van der Waals surface area contributed by atoms with Crippen LogP contribution in [-0.4, -0.2) is 18.2 Å². The van der Waals surface area contributed by atoms with Gasteiger partial charge in [-0.15, -0.1) is 0 Å². The molecule has 0 N–H and O–H groups in total. The van der Waals surface area contributed by atoms with Crippen molar-refractivity contribution in [3.63, 3.8) is 0 Å². The van der Waals surface area contributed by atoms with Gasteiger partial charge < -0.3 is 14.2 Å². The molecule has 2 atom stereocenters. The normalized spacial score (nSPS) is 17.4. The van der Waals surface area contributed by atoms with E-state index in [4.69, 9.17) is 14.5 Å². The molecule has 0 saturated carbocycles. The van der Waals surface area contributed by atoms with Crippen LogP contribution < -0.4 is 9.47 Å². The molecule has 1 fully saturated rings. The first-order valence-electron chi connectivity index (χ1n) is 10.7. The molecule has 0 radical (unpaired) electrons. The number of nitrogens with zero attached hydrogens (tertiary/aromatic N) is 1. The molecule has 0 spiro atoms. The van der Waals surface area contributed by atoms with Crippen LogP contribution in [0.2, 0.25) is 0 Å². The molecule has 4 rings (SSSR count). The lowest BCUT2D eigenvalue weighted by Crippen LogP contribution is -2.07. The Morgan fingerprint density at radius 1 is 1.00 bits per heavy atom. The molecule has 4 nitrogen and oxygen atoms in total. The van der Waals surface area contributed by atoms with Gasteiger partial charge in [0.25, 0.3) is 0 Å². The second-order valence-corrected chi connectivity index (χ2v) is 7.80. The summed E-state index contributed by atoms with van der Waals surface area (Å²) < 4.78 is 41.3. The molecule has 1 aliphatic rings. The molecule has 32 heavy (non-hydrogen) atoms. The minimum Gasteiger partial charge on any atom is -0.494 e. The Balaban J connectivity index is 0.000000243. The highest BCUT2D eigenvalue weighted by Gasteiger charge is 2.25. The lowest BCUT2D eigenvalue weighted by Gasteiger charge is -2.16. The van der Waals surface area contributed by atoms with E-state index in [1.165, 1.54) is 24.8 Å². The largest absolute Gasteiger partial charge is 0.494 e. The number of ether oxygens (including phenoxy) is 3. The first-order valence-corrected chi connectivity index (χ1v) is 10.7. The van der Waals surface area contributed by atoms with E-state index in [9.17, 15) is 8.78 Å². The summed E-state index contributed by atoms with van der Waals surface area (Å²) in [6.07, 6.45) is 2.56. The molecule has 1 saturated heterocycles. The van der Waals surface area contributed by atoms with Gasteiger partial charge in [0.05, 0.1) is 18.9 Å². The van der Waals surface area contributed by atoms with Crippen LogP contribution in [0.25, 0.3) is 0 Å². The lowest BCUT2D eigenvalue weighted by molar-refractivity contribution is 0.0527. The average molecular weight is 442 g/mol. The molecule has 2 unspecified atom stereocenters. The molecule has 1 aliphatic heterocycles. The minimum absolute atomic E-state index is 0.0694. The Kier molecular flexibility index (Phi) is 8.17. The number of hydrogen-bond acceptors (Lipinski definition) is 4. The molecular formula is C26H29F2NO3. The van der Waals surface area contributed by atoms with Crippen LogP contribution in [0.5, 0.6) is 11.5 Å². The van der Waals surface area contributed by atoms with Crippen LogP contribution in [0.4, 0.5) is 8.78 Å². The Bertz CT molecular complexity index is 1030. The second-order valence-electron chi connectivity index (χ2n) is 7.80. The number of methoxy groups -OCH3 is 1. The predicted octanol–water partition coefficient (Wildman–Crippen LogP) is 6.49. The Morgan fingerprint density at radius 3 is 2.38 bits per heavy atom. The van der Waals surface area contributed by atoms with E-state index in [2.05, 4.69) is 30.7 Å². The summed E-state index contributed by atoms with van der Waals surface area (Å²) in [5.74, 6) is -0.987. The number of rotatable bonds is 5. The quantitative estimate of drug-likeness (QED) is 0.454. The number of hydrogen-bond donors (Lipinski definition) is 0. The van der Waals surface area contributed by atoms with E-state index in [0.29, 0.717) is 12.7 Å². The number of aromatic nitrogens is 1. The zero-order chi connectivity index (χ0) is 23.1. The highest BCUT2D eigenvalue weighted by molar-refractivity contribution is 5.38. The number of pyridine rings is 1. The number of halogens is 2. The van der Waals surface area contributed by atoms with Gasteiger partial charge in [0, 0.05) is 17.3 Å². The van der Waals surface area contributed by atoms with Gasteiger partial charge in [0.1, 0.15) is 18.5 Å². The smallest absolute Gasteiger partial charge is 0.200 e. The summed E-state index contributed by atoms with van der Waals surface area (Å²) >= 11 is 0. The fourth-order valence-electron chi connectivity index (χ4n) is 3.44. The Morgan fingerprint density at radius 2 is 1.75 bits per heavy atom. The van der Waals surface area contributed by atoms with E-state index >= 15 is 0 Å².